The van der Waals surface area contributed by atoms with Gasteiger partial charge in [-0.2, -0.15) is 0 Å². The molecule has 0 radical (unpaired) electrons. The monoisotopic (exact) mass is 606 g/mol. The first-order valence-electron chi connectivity index (χ1n) is 14.0. The summed E-state index contributed by atoms with van der Waals surface area (Å²) in [4.78, 5) is 30.8. The number of benzene rings is 3. The first-order chi connectivity index (χ1) is 21.3. The Hall–Kier alpha value is -5.15. The number of aromatic carboxylic acids is 1. The molecule has 2 aromatic heterocycles. The fourth-order valence-electron chi connectivity index (χ4n) is 5.85. The minimum Gasteiger partial charge on any atom is -0.478 e. The minimum atomic E-state index is -1.04. The third kappa shape index (κ3) is 5.16. The van der Waals surface area contributed by atoms with Crippen molar-refractivity contribution in [3.8, 4) is 11.3 Å². The highest BCUT2D eigenvalue weighted by atomic mass is 32.1. The summed E-state index contributed by atoms with van der Waals surface area (Å²) in [5.74, 6) is -0.879. The van der Waals surface area contributed by atoms with Crippen LogP contribution in [0.25, 0.3) is 23.5 Å². The first kappa shape index (κ1) is 27.7. The third-order valence-electron chi connectivity index (χ3n) is 7.78. The summed E-state index contributed by atoms with van der Waals surface area (Å²) in [6.45, 7) is 0. The Morgan fingerprint density at radius 2 is 1.75 bits per heavy atom. The smallest absolute Gasteiger partial charge is 0.335 e. The Labute approximate surface area is 253 Å². The summed E-state index contributed by atoms with van der Waals surface area (Å²) in [5.41, 5.74) is 4.44. The lowest BCUT2D eigenvalue weighted by Gasteiger charge is -2.31. The zero-order valence-electron chi connectivity index (χ0n) is 23.2. The van der Waals surface area contributed by atoms with E-state index in [0.29, 0.717) is 38.4 Å². The molecule has 1 aliphatic carbocycles. The van der Waals surface area contributed by atoms with Gasteiger partial charge in [0, 0.05) is 11.6 Å². The summed E-state index contributed by atoms with van der Waals surface area (Å²) in [5, 5.41) is 9.34. The maximum atomic E-state index is 14.5. The van der Waals surface area contributed by atoms with Crippen LogP contribution in [0.3, 0.4) is 0 Å². The fraction of sp³-hybridized carbons (Fsp3) is 0.114. The van der Waals surface area contributed by atoms with Crippen molar-refractivity contribution in [1.82, 2.24) is 4.57 Å². The molecule has 7 rings (SSSR count). The number of furan rings is 1. The predicted octanol–water partition coefficient (Wildman–Crippen LogP) is 6.72. The van der Waals surface area contributed by atoms with E-state index in [4.69, 9.17) is 9.41 Å². The number of aromatic nitrogens is 1. The normalized spacial score (nSPS) is 17.4. The Morgan fingerprint density at radius 1 is 0.955 bits per heavy atom. The molecule has 0 fully saturated rings. The molecule has 218 valence electrons. The van der Waals surface area contributed by atoms with E-state index in [9.17, 15) is 23.5 Å². The average Bonchev–Trinajstić information content (AvgIpc) is 3.61. The van der Waals surface area contributed by atoms with Crippen molar-refractivity contribution >= 4 is 29.5 Å². The molecule has 0 spiro atoms. The number of hydrogen-bond acceptors (Lipinski definition) is 5. The number of fused-ring (bicyclic) bond motifs is 1. The second-order valence-electron chi connectivity index (χ2n) is 10.7. The molecule has 3 heterocycles. The Balaban J connectivity index is 1.37. The molecule has 1 atom stereocenters. The van der Waals surface area contributed by atoms with E-state index < -0.39 is 17.8 Å². The molecule has 3 aromatic carbocycles. The molecule has 0 bridgehead atoms. The van der Waals surface area contributed by atoms with Gasteiger partial charge in [-0.05, 0) is 96.1 Å². The molecule has 2 aliphatic rings. The van der Waals surface area contributed by atoms with Crippen LogP contribution in [0.2, 0.25) is 0 Å². The van der Waals surface area contributed by atoms with E-state index in [1.165, 1.54) is 47.7 Å². The zero-order valence-corrected chi connectivity index (χ0v) is 24.0. The van der Waals surface area contributed by atoms with E-state index >= 15 is 0 Å². The van der Waals surface area contributed by atoms with Crippen molar-refractivity contribution < 1.29 is 23.1 Å². The first-order valence-corrected chi connectivity index (χ1v) is 14.9. The van der Waals surface area contributed by atoms with Crippen molar-refractivity contribution in [2.24, 2.45) is 4.99 Å². The third-order valence-corrected chi connectivity index (χ3v) is 8.76. The summed E-state index contributed by atoms with van der Waals surface area (Å²) in [7, 11) is 0. The van der Waals surface area contributed by atoms with Gasteiger partial charge in [-0.3, -0.25) is 9.36 Å². The van der Waals surface area contributed by atoms with Crippen molar-refractivity contribution in [3.63, 3.8) is 0 Å². The highest BCUT2D eigenvalue weighted by Crippen LogP contribution is 2.41. The van der Waals surface area contributed by atoms with Crippen LogP contribution in [-0.4, -0.2) is 15.6 Å². The zero-order chi connectivity index (χ0) is 30.4. The van der Waals surface area contributed by atoms with E-state index in [-0.39, 0.29) is 16.9 Å². The van der Waals surface area contributed by atoms with Gasteiger partial charge in [0.05, 0.1) is 21.8 Å². The number of carboxylic acid groups (broad SMARTS) is 1. The summed E-state index contributed by atoms with van der Waals surface area (Å²) < 4.78 is 36.5. The number of allylic oxidation sites excluding steroid dienone is 2. The number of rotatable bonds is 5. The fourth-order valence-corrected chi connectivity index (χ4v) is 6.83. The van der Waals surface area contributed by atoms with E-state index in [1.54, 1.807) is 47.0 Å². The number of nitrogens with zero attached hydrogens (tertiary/aromatic N) is 2. The number of thiazole rings is 1. The quantitative estimate of drug-likeness (QED) is 0.241. The molecule has 5 aromatic rings. The molecule has 9 heteroatoms. The van der Waals surface area contributed by atoms with Gasteiger partial charge in [0.15, 0.2) is 4.80 Å². The van der Waals surface area contributed by atoms with Crippen LogP contribution in [0.5, 0.6) is 0 Å². The molecule has 1 aliphatic heterocycles. The van der Waals surface area contributed by atoms with Crippen molar-refractivity contribution in [2.45, 2.75) is 25.3 Å². The van der Waals surface area contributed by atoms with Crippen LogP contribution in [0.15, 0.2) is 116 Å². The largest absolute Gasteiger partial charge is 0.478 e. The minimum absolute atomic E-state index is 0.140. The van der Waals surface area contributed by atoms with Crippen LogP contribution in [0.1, 0.15) is 52.5 Å². The van der Waals surface area contributed by atoms with Gasteiger partial charge in [0.2, 0.25) is 0 Å². The topological polar surface area (TPSA) is 84.8 Å². The highest BCUT2D eigenvalue weighted by molar-refractivity contribution is 7.07. The highest BCUT2D eigenvalue weighted by Gasteiger charge is 2.32. The van der Waals surface area contributed by atoms with Crippen molar-refractivity contribution in [1.29, 1.82) is 0 Å². The molecular formula is C35H24F2N2O4S. The number of carboxylic acids is 1. The van der Waals surface area contributed by atoms with E-state index in [2.05, 4.69) is 0 Å². The van der Waals surface area contributed by atoms with Gasteiger partial charge in [0.1, 0.15) is 23.2 Å². The maximum Gasteiger partial charge on any atom is 0.335 e. The second kappa shape index (κ2) is 11.2. The Bertz CT molecular complexity index is 2210. The van der Waals surface area contributed by atoms with Crippen LogP contribution >= 0.6 is 11.3 Å². The van der Waals surface area contributed by atoms with Crippen LogP contribution in [0, 0.1) is 11.6 Å². The van der Waals surface area contributed by atoms with E-state index in [1.807, 2.05) is 18.2 Å². The van der Waals surface area contributed by atoms with Gasteiger partial charge < -0.3 is 9.52 Å². The van der Waals surface area contributed by atoms with Crippen molar-refractivity contribution in [2.75, 3.05) is 0 Å². The summed E-state index contributed by atoms with van der Waals surface area (Å²) in [6.07, 6.45) is 5.80. The molecule has 44 heavy (non-hydrogen) atoms. The summed E-state index contributed by atoms with van der Waals surface area (Å²) in [6, 6.07) is 22.0. The molecule has 0 saturated carbocycles. The number of carbonyl (C=O) groups is 1. The van der Waals surface area contributed by atoms with Gasteiger partial charge >= 0.3 is 5.97 Å². The summed E-state index contributed by atoms with van der Waals surface area (Å²) >= 11 is 1.21. The Morgan fingerprint density at radius 3 is 2.55 bits per heavy atom. The molecular weight excluding hydrogens is 582 g/mol. The standard InChI is InChI=1S/C35H24F2N2O4S/c36-25-10-1-5-20(16-25)15-22-7-4-12-28-31(22)38-35-39(32(28)23-8-3-11-26(37)18-23)33(40)30(44-35)19-27-13-14-29(43-27)21-6-2-9-24(17-21)34(41)42/h1-3,5-6,8-11,13-19,32H,4,7,12H2,(H,41,42)/b22-15+,30-19-. The van der Waals surface area contributed by atoms with Crippen molar-refractivity contribution in [3.05, 3.63) is 156 Å². The van der Waals surface area contributed by atoms with Gasteiger partial charge in [-0.15, -0.1) is 0 Å². The molecule has 1 unspecified atom stereocenters. The van der Waals surface area contributed by atoms with Gasteiger partial charge in [-0.25, -0.2) is 18.6 Å². The lowest BCUT2D eigenvalue weighted by atomic mass is 9.84. The number of hydrogen-bond donors (Lipinski definition) is 1. The van der Waals surface area contributed by atoms with Gasteiger partial charge in [-0.1, -0.05) is 47.7 Å². The van der Waals surface area contributed by atoms with Crippen LogP contribution in [0.4, 0.5) is 8.78 Å². The SMILES string of the molecule is O=C(O)c1cccc(-c2ccc(/C=c3\sc4n(c3=O)C(c3cccc(F)c3)C3=C(N=4)/C(=C/c4cccc(F)c4)CCC3)o2)c1. The Kier molecular flexibility index (Phi) is 7.02. The lowest BCUT2D eigenvalue weighted by Crippen LogP contribution is -2.39. The molecule has 0 saturated heterocycles. The molecule has 0 amide bonds. The van der Waals surface area contributed by atoms with Crippen LogP contribution < -0.4 is 14.9 Å². The molecule has 6 nitrogen and oxygen atoms in total. The average molecular weight is 607 g/mol. The number of halogens is 2. The van der Waals surface area contributed by atoms with E-state index in [0.717, 1.165) is 35.2 Å². The van der Waals surface area contributed by atoms with Crippen LogP contribution in [-0.2, 0) is 0 Å². The van der Waals surface area contributed by atoms with Gasteiger partial charge in [0.25, 0.3) is 5.56 Å². The second-order valence-corrected chi connectivity index (χ2v) is 11.7. The molecule has 1 N–H and O–H groups in total. The predicted molar refractivity (Wildman–Crippen MR) is 164 cm³/mol. The lowest BCUT2D eigenvalue weighted by molar-refractivity contribution is 0.0697. The maximum absolute atomic E-state index is 14.5.